The van der Waals surface area contributed by atoms with Crippen LogP contribution in [0.25, 0.3) is 10.8 Å². The molecule has 0 bridgehead atoms. The lowest BCUT2D eigenvalue weighted by Crippen LogP contribution is -2.48. The Morgan fingerprint density at radius 3 is 2.48 bits per heavy atom. The summed E-state index contributed by atoms with van der Waals surface area (Å²) in [6.07, 6.45) is 0. The lowest BCUT2D eigenvalue weighted by Gasteiger charge is -2.35. The quantitative estimate of drug-likeness (QED) is 0.533. The molecule has 0 radical (unpaired) electrons. The molecule has 7 nitrogen and oxygen atoms in total. The highest BCUT2D eigenvalue weighted by Crippen LogP contribution is 2.24. The Hall–Kier alpha value is -3.45. The lowest BCUT2D eigenvalue weighted by atomic mass is 10.1. The first kappa shape index (κ1) is 18.9. The summed E-state index contributed by atoms with van der Waals surface area (Å²) in [4.78, 5) is 27.4. The van der Waals surface area contributed by atoms with Gasteiger partial charge < -0.3 is 10.2 Å². The van der Waals surface area contributed by atoms with Crippen molar-refractivity contribution < 1.29 is 9.72 Å². The SMILES string of the molecule is O=C(CN1CCN(c2cccc([N+](=O)[O-])c2)CC1)Nc1cccc2ccccc12. The van der Waals surface area contributed by atoms with Gasteiger partial charge in [-0.3, -0.25) is 19.8 Å². The average molecular weight is 390 g/mol. The first-order valence-corrected chi connectivity index (χ1v) is 9.59. The number of nitrogens with zero attached hydrogens (tertiary/aromatic N) is 3. The molecular formula is C22H22N4O3. The molecule has 1 heterocycles. The van der Waals surface area contributed by atoms with Crippen LogP contribution in [0.1, 0.15) is 0 Å². The number of non-ortho nitro benzene ring substituents is 1. The molecule has 148 valence electrons. The molecule has 0 atom stereocenters. The molecule has 0 unspecified atom stereocenters. The van der Waals surface area contributed by atoms with Gasteiger partial charge in [0.15, 0.2) is 0 Å². The van der Waals surface area contributed by atoms with E-state index >= 15 is 0 Å². The van der Waals surface area contributed by atoms with E-state index in [0.29, 0.717) is 6.54 Å². The first-order chi connectivity index (χ1) is 14.1. The van der Waals surface area contributed by atoms with E-state index < -0.39 is 0 Å². The van der Waals surface area contributed by atoms with Crippen LogP contribution in [0.5, 0.6) is 0 Å². The largest absolute Gasteiger partial charge is 0.369 e. The number of carbonyl (C=O) groups excluding carboxylic acids is 1. The third kappa shape index (κ3) is 4.35. The molecule has 29 heavy (non-hydrogen) atoms. The van der Waals surface area contributed by atoms with Gasteiger partial charge in [-0.25, -0.2) is 0 Å². The first-order valence-electron chi connectivity index (χ1n) is 9.59. The molecule has 1 saturated heterocycles. The number of carbonyl (C=O) groups is 1. The van der Waals surface area contributed by atoms with E-state index in [1.165, 1.54) is 6.07 Å². The van der Waals surface area contributed by atoms with E-state index in [1.807, 2.05) is 48.5 Å². The van der Waals surface area contributed by atoms with Gasteiger partial charge in [-0.2, -0.15) is 0 Å². The fraction of sp³-hybridized carbons (Fsp3) is 0.227. The Labute approximate surface area is 168 Å². The van der Waals surface area contributed by atoms with Gasteiger partial charge in [-0.15, -0.1) is 0 Å². The summed E-state index contributed by atoms with van der Waals surface area (Å²) < 4.78 is 0. The number of nitro groups is 1. The van der Waals surface area contributed by atoms with Crippen LogP contribution in [0.3, 0.4) is 0 Å². The zero-order chi connectivity index (χ0) is 20.2. The van der Waals surface area contributed by atoms with Crippen LogP contribution in [0.4, 0.5) is 17.1 Å². The van der Waals surface area contributed by atoms with Crippen molar-refractivity contribution in [2.45, 2.75) is 0 Å². The zero-order valence-electron chi connectivity index (χ0n) is 16.0. The van der Waals surface area contributed by atoms with Gasteiger partial charge in [0.1, 0.15) is 0 Å². The molecule has 0 spiro atoms. The number of nitrogens with one attached hydrogen (secondary N) is 1. The third-order valence-electron chi connectivity index (χ3n) is 5.21. The van der Waals surface area contributed by atoms with Gasteiger partial charge in [-0.05, 0) is 17.5 Å². The highest BCUT2D eigenvalue weighted by Gasteiger charge is 2.20. The molecule has 7 heteroatoms. The van der Waals surface area contributed by atoms with E-state index in [4.69, 9.17) is 0 Å². The van der Waals surface area contributed by atoms with Crippen LogP contribution in [-0.2, 0) is 4.79 Å². The summed E-state index contributed by atoms with van der Waals surface area (Å²) >= 11 is 0. The minimum atomic E-state index is -0.378. The van der Waals surface area contributed by atoms with E-state index in [9.17, 15) is 14.9 Å². The van der Waals surface area contributed by atoms with Crippen LogP contribution in [-0.4, -0.2) is 48.5 Å². The third-order valence-corrected chi connectivity index (χ3v) is 5.21. The number of hydrogen-bond donors (Lipinski definition) is 1. The predicted molar refractivity (Wildman–Crippen MR) is 114 cm³/mol. The number of anilines is 2. The second kappa shape index (κ2) is 8.28. The maximum atomic E-state index is 12.6. The Balaban J connectivity index is 1.34. The normalized spacial score (nSPS) is 14.7. The fourth-order valence-electron chi connectivity index (χ4n) is 3.69. The number of benzene rings is 3. The molecule has 1 aliphatic heterocycles. The number of fused-ring (bicyclic) bond motifs is 1. The van der Waals surface area contributed by atoms with Crippen molar-refractivity contribution in [3.8, 4) is 0 Å². The summed E-state index contributed by atoms with van der Waals surface area (Å²) in [5, 5.41) is 16.1. The van der Waals surface area contributed by atoms with Crippen LogP contribution in [0.15, 0.2) is 66.7 Å². The van der Waals surface area contributed by atoms with Crippen molar-refractivity contribution in [1.29, 1.82) is 0 Å². The molecule has 3 aromatic rings. The van der Waals surface area contributed by atoms with Gasteiger partial charge in [0.05, 0.1) is 11.5 Å². The van der Waals surface area contributed by atoms with Crippen molar-refractivity contribution in [1.82, 2.24) is 4.90 Å². The number of nitro benzene ring substituents is 1. The molecule has 0 saturated carbocycles. The van der Waals surface area contributed by atoms with Gasteiger partial charge in [0.25, 0.3) is 5.69 Å². The molecule has 1 fully saturated rings. The van der Waals surface area contributed by atoms with E-state index in [1.54, 1.807) is 12.1 Å². The second-order valence-electron chi connectivity index (χ2n) is 7.12. The summed E-state index contributed by atoms with van der Waals surface area (Å²) in [5.74, 6) is -0.0369. The van der Waals surface area contributed by atoms with Crippen molar-refractivity contribution in [2.24, 2.45) is 0 Å². The molecule has 0 aromatic heterocycles. The molecule has 4 rings (SSSR count). The van der Waals surface area contributed by atoms with Crippen molar-refractivity contribution in [2.75, 3.05) is 42.9 Å². The maximum absolute atomic E-state index is 12.6. The predicted octanol–water partition coefficient (Wildman–Crippen LogP) is 3.51. The number of amides is 1. The minimum absolute atomic E-state index is 0.0369. The highest BCUT2D eigenvalue weighted by molar-refractivity contribution is 6.02. The molecule has 1 amide bonds. The van der Waals surface area contributed by atoms with Gasteiger partial charge in [0.2, 0.25) is 5.91 Å². The van der Waals surface area contributed by atoms with Crippen molar-refractivity contribution >= 4 is 33.7 Å². The lowest BCUT2D eigenvalue weighted by molar-refractivity contribution is -0.384. The number of hydrogen-bond acceptors (Lipinski definition) is 5. The maximum Gasteiger partial charge on any atom is 0.271 e. The Morgan fingerprint density at radius 2 is 1.69 bits per heavy atom. The highest BCUT2D eigenvalue weighted by atomic mass is 16.6. The Kier molecular flexibility index (Phi) is 5.39. The molecule has 0 aliphatic carbocycles. The number of piperazine rings is 1. The van der Waals surface area contributed by atoms with E-state index in [-0.39, 0.29) is 16.5 Å². The number of rotatable bonds is 5. The molecule has 1 N–H and O–H groups in total. The summed E-state index contributed by atoms with van der Waals surface area (Å²) in [6, 6.07) is 20.5. The van der Waals surface area contributed by atoms with Gasteiger partial charge in [-0.1, -0.05) is 42.5 Å². The van der Waals surface area contributed by atoms with Crippen LogP contribution in [0, 0.1) is 10.1 Å². The van der Waals surface area contributed by atoms with Gasteiger partial charge >= 0.3 is 0 Å². The Bertz CT molecular complexity index is 1040. The van der Waals surface area contributed by atoms with E-state index in [0.717, 1.165) is 48.3 Å². The van der Waals surface area contributed by atoms with Crippen LogP contribution < -0.4 is 10.2 Å². The van der Waals surface area contributed by atoms with Crippen molar-refractivity contribution in [3.05, 3.63) is 76.8 Å². The second-order valence-corrected chi connectivity index (χ2v) is 7.12. The average Bonchev–Trinajstić information content (AvgIpc) is 2.74. The summed E-state index contributed by atoms with van der Waals surface area (Å²) in [7, 11) is 0. The standard InChI is InChI=1S/C22H22N4O3/c27-22(23-21-10-3-6-17-5-1-2-9-20(17)21)16-24-11-13-25(14-12-24)18-7-4-8-19(15-18)26(28)29/h1-10,15H,11-14,16H2,(H,23,27). The van der Waals surface area contributed by atoms with E-state index in [2.05, 4.69) is 15.1 Å². The fourth-order valence-corrected chi connectivity index (χ4v) is 3.69. The zero-order valence-corrected chi connectivity index (χ0v) is 16.0. The monoisotopic (exact) mass is 390 g/mol. The van der Waals surface area contributed by atoms with Crippen LogP contribution >= 0.6 is 0 Å². The smallest absolute Gasteiger partial charge is 0.271 e. The van der Waals surface area contributed by atoms with Crippen molar-refractivity contribution in [3.63, 3.8) is 0 Å². The summed E-state index contributed by atoms with van der Waals surface area (Å²) in [6.45, 7) is 3.23. The topological polar surface area (TPSA) is 78.7 Å². The summed E-state index contributed by atoms with van der Waals surface area (Å²) in [5.41, 5.74) is 1.77. The minimum Gasteiger partial charge on any atom is -0.369 e. The molecule has 3 aromatic carbocycles. The molecule has 1 aliphatic rings. The van der Waals surface area contributed by atoms with Gasteiger partial charge in [0, 0.05) is 55.1 Å². The van der Waals surface area contributed by atoms with Crippen LogP contribution in [0.2, 0.25) is 0 Å². The Morgan fingerprint density at radius 1 is 0.966 bits per heavy atom. The molecular weight excluding hydrogens is 368 g/mol.